The molecule has 0 aromatic heterocycles. The van der Waals surface area contributed by atoms with Crippen LogP contribution in [0, 0.1) is 23.5 Å². The van der Waals surface area contributed by atoms with E-state index >= 15 is 0 Å². The average molecular weight is 295 g/mol. The van der Waals surface area contributed by atoms with Gasteiger partial charge < -0.3 is 5.32 Å². The van der Waals surface area contributed by atoms with Crippen LogP contribution in [0.5, 0.6) is 0 Å². The first-order chi connectivity index (χ1) is 10.1. The molecule has 2 unspecified atom stereocenters. The minimum atomic E-state index is -0.748. The van der Waals surface area contributed by atoms with Crippen LogP contribution < -0.4 is 5.32 Å². The molecule has 1 aromatic rings. The molecule has 3 heteroatoms. The third-order valence-electron chi connectivity index (χ3n) is 4.49. The summed E-state index contributed by atoms with van der Waals surface area (Å²) in [6.45, 7) is 6.39. The predicted molar refractivity (Wildman–Crippen MR) is 83.4 cm³/mol. The summed E-state index contributed by atoms with van der Waals surface area (Å²) >= 11 is 0. The van der Waals surface area contributed by atoms with Crippen LogP contribution >= 0.6 is 0 Å². The maximum atomic E-state index is 13.5. The fourth-order valence-corrected chi connectivity index (χ4v) is 3.37. The number of benzene rings is 1. The minimum Gasteiger partial charge on any atom is -0.316 e. The smallest absolute Gasteiger partial charge is 0.159 e. The van der Waals surface area contributed by atoms with Crippen LogP contribution in [-0.4, -0.2) is 13.1 Å². The van der Waals surface area contributed by atoms with Crippen molar-refractivity contribution in [1.82, 2.24) is 5.32 Å². The lowest BCUT2D eigenvalue weighted by Crippen LogP contribution is -2.29. The van der Waals surface area contributed by atoms with Gasteiger partial charge in [-0.15, -0.1) is 0 Å². The van der Waals surface area contributed by atoms with Crippen molar-refractivity contribution >= 4 is 0 Å². The van der Waals surface area contributed by atoms with Gasteiger partial charge in [0.1, 0.15) is 0 Å². The predicted octanol–water partition coefficient (Wildman–Crippen LogP) is 4.87. The highest BCUT2D eigenvalue weighted by Crippen LogP contribution is 2.36. The highest BCUT2D eigenvalue weighted by molar-refractivity contribution is 5.23. The number of halogens is 2. The highest BCUT2D eigenvalue weighted by Gasteiger charge is 2.25. The van der Waals surface area contributed by atoms with Crippen LogP contribution in [-0.2, 0) is 0 Å². The van der Waals surface area contributed by atoms with E-state index in [9.17, 15) is 8.78 Å². The Labute approximate surface area is 127 Å². The first-order valence-electron chi connectivity index (χ1n) is 8.23. The molecule has 0 bridgehead atoms. The van der Waals surface area contributed by atoms with Crippen molar-refractivity contribution in [3.05, 3.63) is 35.4 Å². The van der Waals surface area contributed by atoms with E-state index in [4.69, 9.17) is 0 Å². The zero-order valence-electron chi connectivity index (χ0n) is 13.2. The summed E-state index contributed by atoms with van der Waals surface area (Å²) < 4.78 is 26.7. The molecule has 2 rings (SSSR count). The van der Waals surface area contributed by atoms with E-state index in [2.05, 4.69) is 19.2 Å². The first kappa shape index (κ1) is 16.4. The summed E-state index contributed by atoms with van der Waals surface area (Å²) in [5.41, 5.74) is 0.965. The first-order valence-corrected chi connectivity index (χ1v) is 8.23. The van der Waals surface area contributed by atoms with E-state index in [0.29, 0.717) is 17.8 Å². The lowest BCUT2D eigenvalue weighted by molar-refractivity contribution is 0.364. The zero-order chi connectivity index (χ0) is 15.2. The molecule has 118 valence electrons. The van der Waals surface area contributed by atoms with Crippen molar-refractivity contribution < 1.29 is 8.78 Å². The highest BCUT2D eigenvalue weighted by atomic mass is 19.2. The van der Waals surface area contributed by atoms with E-state index in [0.717, 1.165) is 25.1 Å². The molecule has 1 saturated carbocycles. The molecule has 0 amide bonds. The molecule has 1 fully saturated rings. The molecule has 0 radical (unpaired) electrons. The van der Waals surface area contributed by atoms with Crippen LogP contribution in [0.25, 0.3) is 0 Å². The van der Waals surface area contributed by atoms with Crippen molar-refractivity contribution in [2.45, 2.75) is 51.9 Å². The van der Waals surface area contributed by atoms with Crippen molar-refractivity contribution in [3.8, 4) is 0 Å². The molecule has 2 atom stereocenters. The Kier molecular flexibility index (Phi) is 6.16. The van der Waals surface area contributed by atoms with Crippen LogP contribution in [0.15, 0.2) is 18.2 Å². The average Bonchev–Trinajstić information content (AvgIpc) is 2.67. The van der Waals surface area contributed by atoms with Crippen LogP contribution in [0.2, 0.25) is 0 Å². The normalized spacial score (nSPS) is 23.3. The van der Waals surface area contributed by atoms with E-state index < -0.39 is 11.6 Å². The SMILES string of the molecule is CC(C)CNCC1CCCCCC1c1ccc(F)c(F)c1. The molecule has 0 saturated heterocycles. The minimum absolute atomic E-state index is 0.349. The van der Waals surface area contributed by atoms with E-state index in [1.165, 1.54) is 37.8 Å². The van der Waals surface area contributed by atoms with Crippen LogP contribution in [0.3, 0.4) is 0 Å². The fraction of sp³-hybridized carbons (Fsp3) is 0.667. The number of rotatable bonds is 5. The topological polar surface area (TPSA) is 12.0 Å². The molecule has 0 spiro atoms. The molecule has 21 heavy (non-hydrogen) atoms. The van der Waals surface area contributed by atoms with Gasteiger partial charge in [-0.05, 0) is 61.4 Å². The molecular formula is C18H27F2N. The Morgan fingerprint density at radius 2 is 1.86 bits per heavy atom. The van der Waals surface area contributed by atoms with Crippen molar-refractivity contribution in [2.75, 3.05) is 13.1 Å². The maximum absolute atomic E-state index is 13.5. The van der Waals surface area contributed by atoms with Gasteiger partial charge in [0.2, 0.25) is 0 Å². The molecule has 1 N–H and O–H groups in total. The van der Waals surface area contributed by atoms with E-state index in [-0.39, 0.29) is 0 Å². The van der Waals surface area contributed by atoms with Gasteiger partial charge in [-0.2, -0.15) is 0 Å². The fourth-order valence-electron chi connectivity index (χ4n) is 3.37. The van der Waals surface area contributed by atoms with Gasteiger partial charge in [0, 0.05) is 0 Å². The Morgan fingerprint density at radius 3 is 2.57 bits per heavy atom. The summed E-state index contributed by atoms with van der Waals surface area (Å²) in [7, 11) is 0. The Bertz CT molecular complexity index is 445. The van der Waals surface area contributed by atoms with E-state index in [1.807, 2.05) is 0 Å². The summed E-state index contributed by atoms with van der Waals surface area (Å²) in [5.74, 6) is 0.0448. The Balaban J connectivity index is 2.09. The molecule has 1 aliphatic rings. The molecule has 1 aromatic carbocycles. The second-order valence-electron chi connectivity index (χ2n) is 6.73. The Morgan fingerprint density at radius 1 is 1.10 bits per heavy atom. The van der Waals surface area contributed by atoms with Crippen molar-refractivity contribution in [3.63, 3.8) is 0 Å². The number of hydrogen-bond donors (Lipinski definition) is 1. The monoisotopic (exact) mass is 295 g/mol. The van der Waals surface area contributed by atoms with Gasteiger partial charge in [-0.1, -0.05) is 39.2 Å². The largest absolute Gasteiger partial charge is 0.316 e. The van der Waals surface area contributed by atoms with Gasteiger partial charge in [0.05, 0.1) is 0 Å². The third-order valence-corrected chi connectivity index (χ3v) is 4.49. The Hall–Kier alpha value is -0.960. The van der Waals surface area contributed by atoms with Crippen LogP contribution in [0.4, 0.5) is 8.78 Å². The standard InChI is InChI=1S/C18H27F2N/c1-13(2)11-21-12-15-6-4-3-5-7-16(15)14-8-9-17(19)18(20)10-14/h8-10,13,15-16,21H,3-7,11-12H2,1-2H3. The lowest BCUT2D eigenvalue weighted by atomic mass is 9.82. The summed E-state index contributed by atoms with van der Waals surface area (Å²) in [6, 6.07) is 4.44. The van der Waals surface area contributed by atoms with E-state index in [1.54, 1.807) is 6.07 Å². The quantitative estimate of drug-likeness (QED) is 0.764. The molecule has 0 aliphatic heterocycles. The third kappa shape index (κ3) is 4.77. The number of hydrogen-bond acceptors (Lipinski definition) is 1. The molecule has 1 nitrogen and oxygen atoms in total. The summed E-state index contributed by atoms with van der Waals surface area (Å²) in [5, 5.41) is 3.54. The van der Waals surface area contributed by atoms with Gasteiger partial charge in [-0.25, -0.2) is 8.78 Å². The van der Waals surface area contributed by atoms with Gasteiger partial charge in [-0.3, -0.25) is 0 Å². The molecular weight excluding hydrogens is 268 g/mol. The van der Waals surface area contributed by atoms with Crippen LogP contribution in [0.1, 0.15) is 57.4 Å². The van der Waals surface area contributed by atoms with Crippen molar-refractivity contribution in [2.24, 2.45) is 11.8 Å². The van der Waals surface area contributed by atoms with Gasteiger partial charge in [0.25, 0.3) is 0 Å². The lowest BCUT2D eigenvalue weighted by Gasteiger charge is -2.26. The summed E-state index contributed by atoms with van der Waals surface area (Å²) in [6.07, 6.45) is 5.94. The zero-order valence-corrected chi connectivity index (χ0v) is 13.2. The van der Waals surface area contributed by atoms with Crippen molar-refractivity contribution in [1.29, 1.82) is 0 Å². The molecule has 0 heterocycles. The second-order valence-corrected chi connectivity index (χ2v) is 6.73. The molecule has 1 aliphatic carbocycles. The van der Waals surface area contributed by atoms with Gasteiger partial charge >= 0.3 is 0 Å². The summed E-state index contributed by atoms with van der Waals surface area (Å²) in [4.78, 5) is 0. The second kappa shape index (κ2) is 7.88. The van der Waals surface area contributed by atoms with Gasteiger partial charge in [0.15, 0.2) is 11.6 Å². The maximum Gasteiger partial charge on any atom is 0.159 e. The number of nitrogens with one attached hydrogen (secondary N) is 1.